The van der Waals surface area contributed by atoms with Crippen molar-refractivity contribution in [3.63, 3.8) is 0 Å². The van der Waals surface area contributed by atoms with Gasteiger partial charge < -0.3 is 5.73 Å². The molecule has 3 nitrogen and oxygen atoms in total. The second-order valence-electron chi connectivity index (χ2n) is 3.95. The molecule has 3 N–H and O–H groups in total. The highest BCUT2D eigenvalue weighted by atomic mass is 32.2. The molecule has 0 aliphatic heterocycles. The van der Waals surface area contributed by atoms with E-state index in [9.17, 15) is 4.79 Å². The number of ketones is 1. The molecule has 0 bridgehead atoms. The van der Waals surface area contributed by atoms with E-state index in [1.807, 2.05) is 6.26 Å². The molecule has 0 aromatic heterocycles. The van der Waals surface area contributed by atoms with Crippen LogP contribution in [0, 0.1) is 0 Å². The second kappa shape index (κ2) is 6.43. The van der Waals surface area contributed by atoms with Crippen LogP contribution in [-0.4, -0.2) is 29.5 Å². The Bertz CT molecular complexity index is 183. The summed E-state index contributed by atoms with van der Waals surface area (Å²) in [4.78, 5) is 11.3. The summed E-state index contributed by atoms with van der Waals surface area (Å²) in [5, 5.41) is 3.34. The minimum atomic E-state index is -0.0546. The Morgan fingerprint density at radius 2 is 2.14 bits per heavy atom. The average molecular weight is 218 g/mol. The molecule has 0 unspecified atom stereocenters. The SMILES string of the molecule is CSC(C)(C)N[C@@H](CCCN)C(C)=O. The Balaban J connectivity index is 4.15. The molecule has 0 aliphatic rings. The molecule has 0 aromatic rings. The van der Waals surface area contributed by atoms with Crippen LogP contribution >= 0.6 is 11.8 Å². The lowest BCUT2D eigenvalue weighted by atomic mass is 10.1. The smallest absolute Gasteiger partial charge is 0.146 e. The van der Waals surface area contributed by atoms with Crippen molar-refractivity contribution in [2.45, 2.75) is 44.5 Å². The first-order valence-corrected chi connectivity index (χ1v) is 6.19. The molecule has 1 atom stereocenters. The molecule has 84 valence electrons. The van der Waals surface area contributed by atoms with Crippen molar-refractivity contribution in [2.24, 2.45) is 5.73 Å². The van der Waals surface area contributed by atoms with E-state index >= 15 is 0 Å². The summed E-state index contributed by atoms with van der Waals surface area (Å²) < 4.78 is 0. The molecule has 0 spiro atoms. The van der Waals surface area contributed by atoms with E-state index in [4.69, 9.17) is 5.73 Å². The first-order valence-electron chi connectivity index (χ1n) is 4.96. The number of carbonyl (C=O) groups excluding carboxylic acids is 1. The lowest BCUT2D eigenvalue weighted by Gasteiger charge is -2.29. The van der Waals surface area contributed by atoms with Gasteiger partial charge in [-0.05, 0) is 46.4 Å². The zero-order valence-electron chi connectivity index (χ0n) is 9.59. The van der Waals surface area contributed by atoms with Crippen molar-refractivity contribution in [1.29, 1.82) is 0 Å². The molecular formula is C10H22N2OS. The van der Waals surface area contributed by atoms with Crippen molar-refractivity contribution in [2.75, 3.05) is 12.8 Å². The van der Waals surface area contributed by atoms with E-state index in [1.165, 1.54) is 0 Å². The van der Waals surface area contributed by atoms with E-state index in [0.717, 1.165) is 12.8 Å². The van der Waals surface area contributed by atoms with E-state index in [2.05, 4.69) is 19.2 Å². The maximum absolute atomic E-state index is 11.3. The summed E-state index contributed by atoms with van der Waals surface area (Å²) in [6, 6.07) is -0.0546. The van der Waals surface area contributed by atoms with Crippen molar-refractivity contribution >= 4 is 17.5 Å². The minimum absolute atomic E-state index is 0.0507. The molecule has 0 saturated heterocycles. The van der Waals surface area contributed by atoms with Gasteiger partial charge in [0.15, 0.2) is 0 Å². The van der Waals surface area contributed by atoms with Gasteiger partial charge in [0.1, 0.15) is 5.78 Å². The molecule has 0 saturated carbocycles. The topological polar surface area (TPSA) is 55.1 Å². The van der Waals surface area contributed by atoms with Gasteiger partial charge in [0, 0.05) is 0 Å². The highest BCUT2D eigenvalue weighted by Crippen LogP contribution is 2.19. The lowest BCUT2D eigenvalue weighted by molar-refractivity contribution is -0.119. The van der Waals surface area contributed by atoms with Crippen molar-refractivity contribution in [3.8, 4) is 0 Å². The number of Topliss-reactive ketones (excluding diaryl/α,β-unsaturated/α-hetero) is 1. The van der Waals surface area contributed by atoms with Crippen LogP contribution in [0.5, 0.6) is 0 Å². The largest absolute Gasteiger partial charge is 0.330 e. The molecule has 0 radical (unpaired) electrons. The van der Waals surface area contributed by atoms with Crippen LogP contribution in [0.15, 0.2) is 0 Å². The van der Waals surface area contributed by atoms with Crippen LogP contribution in [0.3, 0.4) is 0 Å². The summed E-state index contributed by atoms with van der Waals surface area (Å²) in [6.45, 7) is 6.43. The number of hydrogen-bond donors (Lipinski definition) is 2. The summed E-state index contributed by atoms with van der Waals surface area (Å²) in [7, 11) is 0. The molecule has 14 heavy (non-hydrogen) atoms. The van der Waals surface area contributed by atoms with Crippen LogP contribution in [0.4, 0.5) is 0 Å². The molecule has 0 rings (SSSR count). The molecule has 4 heteroatoms. The number of hydrogen-bond acceptors (Lipinski definition) is 4. The van der Waals surface area contributed by atoms with Gasteiger partial charge in [0.05, 0.1) is 10.9 Å². The quantitative estimate of drug-likeness (QED) is 0.634. The van der Waals surface area contributed by atoms with Crippen molar-refractivity contribution in [1.82, 2.24) is 5.32 Å². The van der Waals surface area contributed by atoms with Gasteiger partial charge in [0.25, 0.3) is 0 Å². The minimum Gasteiger partial charge on any atom is -0.330 e. The van der Waals surface area contributed by atoms with Gasteiger partial charge in [-0.3, -0.25) is 10.1 Å². The highest BCUT2D eigenvalue weighted by Gasteiger charge is 2.23. The number of rotatable bonds is 7. The van der Waals surface area contributed by atoms with Gasteiger partial charge in [-0.2, -0.15) is 0 Å². The van der Waals surface area contributed by atoms with Crippen LogP contribution in [-0.2, 0) is 4.79 Å². The summed E-state index contributed by atoms with van der Waals surface area (Å²) >= 11 is 1.71. The standard InChI is InChI=1S/C10H22N2OS/c1-8(13)9(6-5-7-11)12-10(2,3)14-4/h9,12H,5-7,11H2,1-4H3/t9-/m0/s1. The lowest BCUT2D eigenvalue weighted by Crippen LogP contribution is -2.47. The maximum atomic E-state index is 11.3. The van der Waals surface area contributed by atoms with Crippen molar-refractivity contribution in [3.05, 3.63) is 0 Å². The molecule has 0 aromatic carbocycles. The fourth-order valence-corrected chi connectivity index (χ4v) is 1.44. The number of nitrogens with two attached hydrogens (primary N) is 1. The first-order chi connectivity index (χ1) is 6.43. The van der Waals surface area contributed by atoms with E-state index < -0.39 is 0 Å². The Morgan fingerprint density at radius 3 is 2.50 bits per heavy atom. The van der Waals surface area contributed by atoms with Crippen LogP contribution in [0.2, 0.25) is 0 Å². The third-order valence-electron chi connectivity index (χ3n) is 2.22. The van der Waals surface area contributed by atoms with Gasteiger partial charge >= 0.3 is 0 Å². The summed E-state index contributed by atoms with van der Waals surface area (Å²) in [5.41, 5.74) is 5.43. The normalized spacial score (nSPS) is 14.1. The summed E-state index contributed by atoms with van der Waals surface area (Å²) in [6.07, 6.45) is 3.75. The van der Waals surface area contributed by atoms with Gasteiger partial charge in [-0.15, -0.1) is 11.8 Å². The predicted molar refractivity (Wildman–Crippen MR) is 63.5 cm³/mol. The number of nitrogens with one attached hydrogen (secondary N) is 1. The zero-order chi connectivity index (χ0) is 11.2. The second-order valence-corrected chi connectivity index (χ2v) is 5.38. The monoisotopic (exact) mass is 218 g/mol. The first kappa shape index (κ1) is 13.9. The summed E-state index contributed by atoms with van der Waals surface area (Å²) in [5.74, 6) is 0.195. The molecular weight excluding hydrogens is 196 g/mol. The highest BCUT2D eigenvalue weighted by molar-refractivity contribution is 7.99. The number of carbonyl (C=O) groups is 1. The zero-order valence-corrected chi connectivity index (χ0v) is 10.4. The van der Waals surface area contributed by atoms with Gasteiger partial charge in [0.2, 0.25) is 0 Å². The molecule has 0 amide bonds. The predicted octanol–water partition coefficient (Wildman–Crippen LogP) is 1.37. The van der Waals surface area contributed by atoms with Crippen molar-refractivity contribution < 1.29 is 4.79 Å². The maximum Gasteiger partial charge on any atom is 0.146 e. The van der Waals surface area contributed by atoms with Crippen LogP contribution in [0.1, 0.15) is 33.6 Å². The Morgan fingerprint density at radius 1 is 1.57 bits per heavy atom. The van der Waals surface area contributed by atoms with Gasteiger partial charge in [-0.1, -0.05) is 0 Å². The number of thioether (sulfide) groups is 1. The Hall–Kier alpha value is -0.0600. The van der Waals surface area contributed by atoms with Crippen LogP contribution in [0.25, 0.3) is 0 Å². The van der Waals surface area contributed by atoms with E-state index in [1.54, 1.807) is 18.7 Å². The van der Waals surface area contributed by atoms with E-state index in [0.29, 0.717) is 6.54 Å². The Labute approximate surface area is 91.2 Å². The third kappa shape index (κ3) is 5.62. The molecule has 0 fully saturated rings. The van der Waals surface area contributed by atoms with Crippen LogP contribution < -0.4 is 11.1 Å². The average Bonchev–Trinajstić information content (AvgIpc) is 2.12. The molecule has 0 aliphatic carbocycles. The van der Waals surface area contributed by atoms with Gasteiger partial charge in [-0.25, -0.2) is 0 Å². The Kier molecular flexibility index (Phi) is 6.40. The fraction of sp³-hybridized carbons (Fsp3) is 0.900. The molecule has 0 heterocycles. The third-order valence-corrected chi connectivity index (χ3v) is 3.36. The fourth-order valence-electron chi connectivity index (χ4n) is 1.18. The van der Waals surface area contributed by atoms with E-state index in [-0.39, 0.29) is 16.7 Å².